The van der Waals surface area contributed by atoms with Crippen molar-refractivity contribution in [2.75, 3.05) is 6.61 Å². The Morgan fingerprint density at radius 2 is 1.56 bits per heavy atom. The molecule has 0 aliphatic carbocycles. The fourth-order valence-corrected chi connectivity index (χ4v) is 3.53. The van der Waals surface area contributed by atoms with Crippen LogP contribution in [0.15, 0.2) is 16.5 Å². The van der Waals surface area contributed by atoms with Crippen molar-refractivity contribution in [1.82, 2.24) is 0 Å². The lowest BCUT2D eigenvalue weighted by atomic mass is 10.0. The minimum Gasteiger partial charge on any atom is -0.400 e. The second-order valence-corrected chi connectivity index (χ2v) is 7.53. The lowest BCUT2D eigenvalue weighted by Crippen LogP contribution is -2.09. The Bertz CT molecular complexity index is 530. The summed E-state index contributed by atoms with van der Waals surface area (Å²) in [5, 5.41) is 10.7. The van der Waals surface area contributed by atoms with Crippen LogP contribution >= 0.6 is 0 Å². The molecular formula is C21H35NO5. The predicted molar refractivity (Wildman–Crippen MR) is 105 cm³/mol. The number of hydrogen-bond donors (Lipinski definition) is 0. The molecule has 0 bridgehead atoms. The van der Waals surface area contributed by atoms with Gasteiger partial charge in [0.2, 0.25) is 6.29 Å². The molecule has 2 atom stereocenters. The van der Waals surface area contributed by atoms with Gasteiger partial charge in [-0.15, -0.1) is 0 Å². The zero-order valence-corrected chi connectivity index (χ0v) is 16.7. The van der Waals surface area contributed by atoms with E-state index in [-0.39, 0.29) is 12.0 Å². The van der Waals surface area contributed by atoms with Gasteiger partial charge in [0.25, 0.3) is 0 Å². The van der Waals surface area contributed by atoms with Crippen molar-refractivity contribution in [2.24, 2.45) is 0 Å². The number of furan rings is 1. The van der Waals surface area contributed by atoms with E-state index in [1.807, 2.05) is 0 Å². The van der Waals surface area contributed by atoms with E-state index in [1.165, 1.54) is 76.7 Å². The summed E-state index contributed by atoms with van der Waals surface area (Å²) in [5.74, 6) is 0.0977. The third-order valence-electron chi connectivity index (χ3n) is 5.15. The molecule has 27 heavy (non-hydrogen) atoms. The number of nitrogens with zero attached hydrogens (tertiary/aromatic N) is 1. The molecule has 0 amide bonds. The highest BCUT2D eigenvalue weighted by Crippen LogP contribution is 2.31. The largest absolute Gasteiger partial charge is 0.433 e. The van der Waals surface area contributed by atoms with Crippen LogP contribution in [0.1, 0.15) is 102 Å². The lowest BCUT2D eigenvalue weighted by Gasteiger charge is -2.09. The molecule has 2 unspecified atom stereocenters. The van der Waals surface area contributed by atoms with E-state index in [2.05, 4.69) is 6.92 Å². The van der Waals surface area contributed by atoms with Crippen LogP contribution in [-0.2, 0) is 9.47 Å². The summed E-state index contributed by atoms with van der Waals surface area (Å²) in [6.45, 7) is 2.79. The summed E-state index contributed by atoms with van der Waals surface area (Å²) >= 11 is 0. The van der Waals surface area contributed by atoms with Gasteiger partial charge in [0.15, 0.2) is 5.76 Å². The topological polar surface area (TPSA) is 74.7 Å². The summed E-state index contributed by atoms with van der Waals surface area (Å²) in [5.41, 5.74) is 0. The van der Waals surface area contributed by atoms with Gasteiger partial charge in [-0.05, 0) is 12.5 Å². The molecule has 1 saturated heterocycles. The average molecular weight is 382 g/mol. The van der Waals surface area contributed by atoms with Crippen molar-refractivity contribution in [3.8, 4) is 0 Å². The SMILES string of the molecule is CCCCCCCCCCCCCCC1COC(c2ccc([N+](=O)[O-])o2)O1. The van der Waals surface area contributed by atoms with E-state index in [0.29, 0.717) is 12.4 Å². The van der Waals surface area contributed by atoms with Gasteiger partial charge in [0.05, 0.1) is 18.8 Å². The summed E-state index contributed by atoms with van der Waals surface area (Å²) in [6, 6.07) is 2.88. The van der Waals surface area contributed by atoms with Gasteiger partial charge in [0.1, 0.15) is 4.92 Å². The van der Waals surface area contributed by atoms with Crippen LogP contribution in [0, 0.1) is 10.1 Å². The molecule has 1 aromatic rings. The summed E-state index contributed by atoms with van der Waals surface area (Å²) in [6.07, 6.45) is 16.4. The molecular weight excluding hydrogens is 346 g/mol. The Morgan fingerprint density at radius 1 is 0.963 bits per heavy atom. The quantitative estimate of drug-likeness (QED) is 0.192. The number of nitro groups is 1. The molecule has 0 aromatic carbocycles. The van der Waals surface area contributed by atoms with E-state index in [0.717, 1.165) is 12.8 Å². The minimum atomic E-state index is -0.610. The van der Waals surface area contributed by atoms with Crippen molar-refractivity contribution in [1.29, 1.82) is 0 Å². The maximum atomic E-state index is 10.7. The normalized spacial score (nSPS) is 19.6. The molecule has 2 rings (SSSR count). The first-order chi connectivity index (χ1) is 13.2. The third-order valence-corrected chi connectivity index (χ3v) is 5.15. The zero-order valence-electron chi connectivity index (χ0n) is 16.7. The van der Waals surface area contributed by atoms with Crippen LogP contribution in [0.3, 0.4) is 0 Å². The Kier molecular flexibility index (Phi) is 10.5. The summed E-state index contributed by atoms with van der Waals surface area (Å²) < 4.78 is 16.5. The summed E-state index contributed by atoms with van der Waals surface area (Å²) in [4.78, 5) is 10.1. The molecule has 0 spiro atoms. The van der Waals surface area contributed by atoms with Gasteiger partial charge in [-0.25, -0.2) is 0 Å². The van der Waals surface area contributed by atoms with Crippen molar-refractivity contribution < 1.29 is 18.8 Å². The third kappa shape index (κ3) is 8.43. The highest BCUT2D eigenvalue weighted by Gasteiger charge is 2.30. The number of hydrogen-bond acceptors (Lipinski definition) is 5. The van der Waals surface area contributed by atoms with Gasteiger partial charge in [0, 0.05) is 0 Å². The van der Waals surface area contributed by atoms with Crippen LogP contribution in [0.2, 0.25) is 0 Å². The maximum Gasteiger partial charge on any atom is 0.433 e. The Balaban J connectivity index is 1.43. The van der Waals surface area contributed by atoms with Crippen molar-refractivity contribution in [2.45, 2.75) is 103 Å². The molecule has 1 aliphatic heterocycles. The molecule has 0 saturated carbocycles. The molecule has 154 valence electrons. The minimum absolute atomic E-state index is 0.0577. The van der Waals surface area contributed by atoms with Gasteiger partial charge in [-0.1, -0.05) is 84.0 Å². The van der Waals surface area contributed by atoms with Crippen LogP contribution in [0.5, 0.6) is 0 Å². The van der Waals surface area contributed by atoms with E-state index in [4.69, 9.17) is 13.9 Å². The molecule has 0 radical (unpaired) electrons. The fraction of sp³-hybridized carbons (Fsp3) is 0.810. The highest BCUT2D eigenvalue weighted by atomic mass is 16.7. The first kappa shape index (κ1) is 21.9. The first-order valence-electron chi connectivity index (χ1n) is 10.7. The Labute approximate surface area is 162 Å². The van der Waals surface area contributed by atoms with E-state index < -0.39 is 11.2 Å². The number of ether oxygens (including phenoxy) is 2. The average Bonchev–Trinajstić information content (AvgIpc) is 3.32. The standard InChI is InChI=1S/C21H35NO5/c1-2-3-4-5-6-7-8-9-10-11-12-13-14-18-17-25-21(26-18)19-15-16-20(27-19)22(23)24/h15-16,18,21H,2-14,17H2,1H3. The Hall–Kier alpha value is -1.40. The fourth-order valence-electron chi connectivity index (χ4n) is 3.53. The molecule has 6 nitrogen and oxygen atoms in total. The molecule has 1 aliphatic rings. The molecule has 0 N–H and O–H groups in total. The molecule has 6 heteroatoms. The van der Waals surface area contributed by atoms with Gasteiger partial charge < -0.3 is 13.9 Å². The second-order valence-electron chi connectivity index (χ2n) is 7.53. The molecule has 2 heterocycles. The number of unbranched alkanes of at least 4 members (excludes halogenated alkanes) is 11. The second kappa shape index (κ2) is 12.9. The monoisotopic (exact) mass is 381 g/mol. The first-order valence-corrected chi connectivity index (χ1v) is 10.7. The Morgan fingerprint density at radius 3 is 2.11 bits per heavy atom. The molecule has 1 fully saturated rings. The predicted octanol–water partition coefficient (Wildman–Crippen LogP) is 6.69. The van der Waals surface area contributed by atoms with Crippen LogP contribution in [0.4, 0.5) is 5.88 Å². The maximum absolute atomic E-state index is 10.7. The van der Waals surface area contributed by atoms with Crippen molar-refractivity contribution in [3.05, 3.63) is 28.0 Å². The van der Waals surface area contributed by atoms with Crippen LogP contribution in [-0.4, -0.2) is 17.6 Å². The zero-order chi connectivity index (χ0) is 19.3. The molecule has 1 aromatic heterocycles. The van der Waals surface area contributed by atoms with Crippen LogP contribution < -0.4 is 0 Å². The lowest BCUT2D eigenvalue weighted by molar-refractivity contribution is -0.402. The van der Waals surface area contributed by atoms with Gasteiger partial charge in [-0.2, -0.15) is 0 Å². The smallest absolute Gasteiger partial charge is 0.400 e. The van der Waals surface area contributed by atoms with E-state index in [9.17, 15) is 10.1 Å². The van der Waals surface area contributed by atoms with E-state index >= 15 is 0 Å². The van der Waals surface area contributed by atoms with Crippen molar-refractivity contribution >= 4 is 5.88 Å². The highest BCUT2D eigenvalue weighted by molar-refractivity contribution is 5.18. The summed E-state index contributed by atoms with van der Waals surface area (Å²) in [7, 11) is 0. The number of rotatable bonds is 15. The van der Waals surface area contributed by atoms with Crippen LogP contribution in [0.25, 0.3) is 0 Å². The van der Waals surface area contributed by atoms with E-state index in [1.54, 1.807) is 6.07 Å². The van der Waals surface area contributed by atoms with Gasteiger partial charge >= 0.3 is 5.88 Å². The van der Waals surface area contributed by atoms with Gasteiger partial charge in [-0.3, -0.25) is 10.1 Å². The van der Waals surface area contributed by atoms with Crippen molar-refractivity contribution in [3.63, 3.8) is 0 Å².